The number of amides is 1. The van der Waals surface area contributed by atoms with Gasteiger partial charge in [0.25, 0.3) is 5.91 Å². The minimum atomic E-state index is -4.82. The number of carbonyl (C=O) groups excluding carboxylic acids is 1. The van der Waals surface area contributed by atoms with Gasteiger partial charge in [0.05, 0.1) is 23.0 Å². The van der Waals surface area contributed by atoms with E-state index in [1.165, 1.54) is 12.1 Å². The normalized spacial score (nSPS) is 13.0. The summed E-state index contributed by atoms with van der Waals surface area (Å²) in [6.07, 6.45) is -1.91. The highest BCUT2D eigenvalue weighted by molar-refractivity contribution is 6.04. The minimum Gasteiger partial charge on any atom is -0.341 e. The number of carbonyl (C=O) groups is 1. The molecule has 0 atom stereocenters. The number of anilines is 3. The summed E-state index contributed by atoms with van der Waals surface area (Å²) in [6, 6.07) is 17.8. The summed E-state index contributed by atoms with van der Waals surface area (Å²) in [5.41, 5.74) is 7.78. The fourth-order valence-corrected chi connectivity index (χ4v) is 5.36. The summed E-state index contributed by atoms with van der Waals surface area (Å²) in [6.45, 7) is 4.49. The van der Waals surface area contributed by atoms with E-state index in [-0.39, 0.29) is 17.9 Å². The smallest absolute Gasteiger partial charge is 0.341 e. The molecule has 11 heteroatoms. The van der Waals surface area contributed by atoms with Crippen molar-refractivity contribution < 1.29 is 22.4 Å². The molecule has 0 saturated heterocycles. The summed E-state index contributed by atoms with van der Waals surface area (Å²) in [5.74, 6) is -1.19. The maximum Gasteiger partial charge on any atom is 0.435 e. The van der Waals surface area contributed by atoms with Gasteiger partial charge in [0.1, 0.15) is 11.5 Å². The van der Waals surface area contributed by atoms with Gasteiger partial charge in [0.15, 0.2) is 5.69 Å². The van der Waals surface area contributed by atoms with Crippen LogP contribution in [0.4, 0.5) is 34.6 Å². The molecule has 7 nitrogen and oxygen atoms in total. The van der Waals surface area contributed by atoms with Crippen molar-refractivity contribution in [1.82, 2.24) is 9.78 Å². The van der Waals surface area contributed by atoms with Gasteiger partial charge in [-0.2, -0.15) is 23.5 Å². The molecule has 5 rings (SSSR count). The van der Waals surface area contributed by atoms with Crippen LogP contribution < -0.4 is 16.0 Å². The van der Waals surface area contributed by atoms with E-state index in [4.69, 9.17) is 5.73 Å². The monoisotopic (exact) mass is 604 g/mol. The molecule has 1 aliphatic carbocycles. The van der Waals surface area contributed by atoms with Crippen molar-refractivity contribution in [3.8, 4) is 11.8 Å². The molecule has 1 heterocycles. The van der Waals surface area contributed by atoms with Crippen LogP contribution in [-0.4, -0.2) is 22.2 Å². The van der Waals surface area contributed by atoms with Crippen LogP contribution in [0.5, 0.6) is 0 Å². The molecule has 1 amide bonds. The molecule has 3 N–H and O–H groups in total. The Morgan fingerprint density at radius 2 is 1.82 bits per heavy atom. The molecule has 1 aromatic heterocycles. The van der Waals surface area contributed by atoms with Crippen LogP contribution in [0.3, 0.4) is 0 Å². The SMILES string of the molecule is CCc1c(N(CC2CC2)c2cccc(C#N)c2)cc(NC(=O)c2cc(C(F)(F)F)nn2-c2cccc(CN)c2)c(F)c1CC. The molecule has 0 aliphatic heterocycles. The van der Waals surface area contributed by atoms with Gasteiger partial charge < -0.3 is 16.0 Å². The van der Waals surface area contributed by atoms with Crippen molar-refractivity contribution in [2.45, 2.75) is 52.3 Å². The molecule has 0 spiro atoms. The summed E-state index contributed by atoms with van der Waals surface area (Å²) in [5, 5.41) is 15.7. The summed E-state index contributed by atoms with van der Waals surface area (Å²) >= 11 is 0. The van der Waals surface area contributed by atoms with Crippen LogP contribution >= 0.6 is 0 Å². The van der Waals surface area contributed by atoms with Crippen LogP contribution in [0.2, 0.25) is 0 Å². The lowest BCUT2D eigenvalue weighted by Gasteiger charge is -2.30. The van der Waals surface area contributed by atoms with Crippen LogP contribution in [0.1, 0.15) is 65.1 Å². The van der Waals surface area contributed by atoms with E-state index < -0.39 is 29.3 Å². The van der Waals surface area contributed by atoms with E-state index in [1.807, 2.05) is 24.8 Å². The van der Waals surface area contributed by atoms with Gasteiger partial charge in [0, 0.05) is 30.5 Å². The predicted octanol–water partition coefficient (Wildman–Crippen LogP) is 7.29. The topological polar surface area (TPSA) is 100.0 Å². The fourth-order valence-electron chi connectivity index (χ4n) is 5.36. The van der Waals surface area contributed by atoms with Crippen molar-refractivity contribution in [3.05, 3.63) is 100 Å². The highest BCUT2D eigenvalue weighted by Gasteiger charge is 2.36. The second-order valence-corrected chi connectivity index (χ2v) is 10.8. The van der Waals surface area contributed by atoms with Crippen molar-refractivity contribution in [3.63, 3.8) is 0 Å². The Balaban J connectivity index is 1.62. The lowest BCUT2D eigenvalue weighted by atomic mass is 9.97. The largest absolute Gasteiger partial charge is 0.435 e. The third kappa shape index (κ3) is 6.31. The van der Waals surface area contributed by atoms with Crippen LogP contribution in [0.25, 0.3) is 5.69 Å². The van der Waals surface area contributed by atoms with Gasteiger partial charge in [-0.1, -0.05) is 32.0 Å². The number of hydrogen-bond acceptors (Lipinski definition) is 5. The van der Waals surface area contributed by atoms with Gasteiger partial charge in [-0.05, 0) is 84.7 Å². The summed E-state index contributed by atoms with van der Waals surface area (Å²) in [4.78, 5) is 15.7. The van der Waals surface area contributed by atoms with E-state index in [0.717, 1.165) is 28.8 Å². The highest BCUT2D eigenvalue weighted by Crippen LogP contribution is 2.41. The third-order valence-electron chi connectivity index (χ3n) is 7.75. The average Bonchev–Trinajstić information content (AvgIpc) is 3.73. The quantitative estimate of drug-likeness (QED) is 0.185. The van der Waals surface area contributed by atoms with Crippen LogP contribution in [-0.2, 0) is 25.6 Å². The lowest BCUT2D eigenvalue weighted by Crippen LogP contribution is -2.24. The van der Waals surface area contributed by atoms with Crippen LogP contribution in [0, 0.1) is 23.1 Å². The molecule has 44 heavy (non-hydrogen) atoms. The zero-order chi connectivity index (χ0) is 31.6. The number of nitriles is 1. The molecule has 3 aromatic carbocycles. The summed E-state index contributed by atoms with van der Waals surface area (Å²) in [7, 11) is 0. The molecule has 4 aromatic rings. The molecule has 1 fully saturated rings. The number of hydrogen-bond donors (Lipinski definition) is 2. The van der Waals surface area contributed by atoms with E-state index >= 15 is 4.39 Å². The number of nitrogens with one attached hydrogen (secondary N) is 1. The van der Waals surface area contributed by atoms with Crippen molar-refractivity contribution in [2.75, 3.05) is 16.8 Å². The molecule has 1 saturated carbocycles. The molecule has 0 radical (unpaired) electrons. The Morgan fingerprint density at radius 1 is 1.09 bits per heavy atom. The van der Waals surface area contributed by atoms with Gasteiger partial charge >= 0.3 is 6.18 Å². The second kappa shape index (κ2) is 12.5. The Bertz CT molecular complexity index is 1740. The zero-order valence-corrected chi connectivity index (χ0v) is 24.4. The standard InChI is InChI=1S/C33H32F4N6O/c1-3-25-26(4-2)31(34)27(15-28(25)42(19-20-11-12-20)23-9-5-7-21(13-23)17-38)40-32(44)29-16-30(33(35,36)37)41-43(29)24-10-6-8-22(14-24)18-39/h5-10,13-16,20H,3-4,11-12,18-19,39H2,1-2H3,(H,40,44). The second-order valence-electron chi connectivity index (χ2n) is 10.8. The molecular formula is C33H32F4N6O. The Hall–Kier alpha value is -4.69. The van der Waals surface area contributed by atoms with Crippen LogP contribution in [0.15, 0.2) is 60.7 Å². The third-order valence-corrected chi connectivity index (χ3v) is 7.75. The Morgan fingerprint density at radius 3 is 2.45 bits per heavy atom. The zero-order valence-electron chi connectivity index (χ0n) is 24.4. The molecule has 228 valence electrons. The average molecular weight is 605 g/mol. The number of aromatic nitrogens is 2. The maximum absolute atomic E-state index is 16.1. The Labute approximate surface area is 252 Å². The van der Waals surface area contributed by atoms with Gasteiger partial charge in [-0.15, -0.1) is 0 Å². The number of benzene rings is 3. The predicted molar refractivity (Wildman–Crippen MR) is 160 cm³/mol. The minimum absolute atomic E-state index is 0.134. The number of halogens is 4. The van der Waals surface area contributed by atoms with Gasteiger partial charge in [0.2, 0.25) is 0 Å². The fraction of sp³-hybridized carbons (Fsp3) is 0.303. The van der Waals surface area contributed by atoms with Crippen molar-refractivity contribution in [1.29, 1.82) is 5.26 Å². The summed E-state index contributed by atoms with van der Waals surface area (Å²) < 4.78 is 58.1. The van der Waals surface area contributed by atoms with Crippen molar-refractivity contribution in [2.24, 2.45) is 11.7 Å². The number of nitrogens with two attached hydrogens (primary N) is 1. The number of nitrogens with zero attached hydrogens (tertiary/aromatic N) is 4. The lowest BCUT2D eigenvalue weighted by molar-refractivity contribution is -0.141. The Kier molecular flexibility index (Phi) is 8.74. The molecular weight excluding hydrogens is 572 g/mol. The first kappa shape index (κ1) is 30.8. The first-order chi connectivity index (χ1) is 21.1. The van der Waals surface area contributed by atoms with Gasteiger partial charge in [-0.3, -0.25) is 4.79 Å². The molecule has 1 aliphatic rings. The van der Waals surface area contributed by atoms with E-state index in [0.29, 0.717) is 53.7 Å². The van der Waals surface area contributed by atoms with Crippen molar-refractivity contribution >= 4 is 23.0 Å². The number of rotatable bonds is 10. The van der Waals surface area contributed by atoms with E-state index in [1.54, 1.807) is 36.4 Å². The first-order valence-corrected chi connectivity index (χ1v) is 14.5. The van der Waals surface area contributed by atoms with Gasteiger partial charge in [-0.25, -0.2) is 9.07 Å². The van der Waals surface area contributed by atoms with E-state index in [9.17, 15) is 23.2 Å². The molecule has 0 unspecified atom stereocenters. The first-order valence-electron chi connectivity index (χ1n) is 14.5. The maximum atomic E-state index is 16.1. The number of alkyl halides is 3. The van der Waals surface area contributed by atoms with E-state index in [2.05, 4.69) is 16.5 Å². The highest BCUT2D eigenvalue weighted by atomic mass is 19.4. The molecule has 0 bridgehead atoms.